The molecule has 0 saturated carbocycles. The van der Waals surface area contributed by atoms with Crippen molar-refractivity contribution >= 4 is 17.2 Å². The normalized spacial score (nSPS) is 28.2. The Morgan fingerprint density at radius 3 is 3.12 bits per heavy atom. The van der Waals surface area contributed by atoms with Gasteiger partial charge in [0.05, 0.1) is 4.88 Å². The molecule has 92 valence electrons. The van der Waals surface area contributed by atoms with Crippen molar-refractivity contribution in [2.75, 3.05) is 19.6 Å². The van der Waals surface area contributed by atoms with Crippen molar-refractivity contribution in [2.45, 2.75) is 25.8 Å². The van der Waals surface area contributed by atoms with Crippen LogP contribution in [0.3, 0.4) is 0 Å². The average Bonchev–Trinajstić information content (AvgIpc) is 2.93. The van der Waals surface area contributed by atoms with Gasteiger partial charge in [0.2, 0.25) is 0 Å². The molecule has 2 fully saturated rings. The monoisotopic (exact) mass is 250 g/mol. The molecular weight excluding hydrogens is 232 g/mol. The summed E-state index contributed by atoms with van der Waals surface area (Å²) in [6.07, 6.45) is 2.52. The van der Waals surface area contributed by atoms with Crippen molar-refractivity contribution in [1.29, 1.82) is 0 Å². The van der Waals surface area contributed by atoms with E-state index in [1.54, 1.807) is 11.3 Å². The van der Waals surface area contributed by atoms with Crippen LogP contribution in [0.1, 0.15) is 28.1 Å². The van der Waals surface area contributed by atoms with Gasteiger partial charge < -0.3 is 10.2 Å². The van der Waals surface area contributed by atoms with E-state index in [0.29, 0.717) is 12.0 Å². The molecule has 0 bridgehead atoms. The maximum atomic E-state index is 12.4. The summed E-state index contributed by atoms with van der Waals surface area (Å²) >= 11 is 1.57. The Balaban J connectivity index is 1.74. The smallest absolute Gasteiger partial charge is 0.264 e. The summed E-state index contributed by atoms with van der Waals surface area (Å²) in [5, 5.41) is 5.54. The molecule has 2 unspecified atom stereocenters. The van der Waals surface area contributed by atoms with Gasteiger partial charge in [0.1, 0.15) is 0 Å². The zero-order valence-corrected chi connectivity index (χ0v) is 10.9. The highest BCUT2D eigenvalue weighted by atomic mass is 32.1. The number of carbonyl (C=O) groups excluding carboxylic acids is 1. The third-order valence-corrected chi connectivity index (χ3v) is 4.95. The van der Waals surface area contributed by atoms with Crippen molar-refractivity contribution < 1.29 is 4.79 Å². The van der Waals surface area contributed by atoms with Crippen molar-refractivity contribution in [2.24, 2.45) is 5.92 Å². The number of likely N-dealkylation sites (tertiary alicyclic amines) is 1. The van der Waals surface area contributed by atoms with Gasteiger partial charge in [-0.3, -0.25) is 4.79 Å². The zero-order valence-electron chi connectivity index (χ0n) is 10.1. The molecule has 2 atom stereocenters. The summed E-state index contributed by atoms with van der Waals surface area (Å²) in [4.78, 5) is 15.3. The van der Waals surface area contributed by atoms with Crippen molar-refractivity contribution in [1.82, 2.24) is 10.2 Å². The third-order valence-electron chi connectivity index (χ3n) is 3.94. The maximum Gasteiger partial charge on any atom is 0.264 e. The minimum atomic E-state index is 0.230. The second-order valence-corrected chi connectivity index (χ2v) is 6.02. The molecule has 4 heteroatoms. The molecule has 2 aliphatic rings. The Hall–Kier alpha value is -0.870. The van der Waals surface area contributed by atoms with E-state index in [-0.39, 0.29) is 5.91 Å². The standard InChI is InChI=1S/C13H18N2OS/c1-9-4-6-17-12(9)13(16)15-7-10-3-2-5-14-11(10)8-15/h4,6,10-11,14H,2-3,5,7-8H2,1H3. The van der Waals surface area contributed by atoms with E-state index in [1.807, 2.05) is 23.3 Å². The number of rotatable bonds is 1. The first kappa shape index (κ1) is 11.2. The van der Waals surface area contributed by atoms with Crippen LogP contribution in [0.4, 0.5) is 0 Å². The Morgan fingerprint density at radius 1 is 1.53 bits per heavy atom. The first-order valence-corrected chi connectivity index (χ1v) is 7.20. The van der Waals surface area contributed by atoms with E-state index in [1.165, 1.54) is 12.8 Å². The lowest BCUT2D eigenvalue weighted by molar-refractivity contribution is 0.0790. The van der Waals surface area contributed by atoms with Crippen LogP contribution in [0.5, 0.6) is 0 Å². The molecule has 2 saturated heterocycles. The van der Waals surface area contributed by atoms with Crippen LogP contribution in [-0.2, 0) is 0 Å². The Morgan fingerprint density at radius 2 is 2.41 bits per heavy atom. The summed E-state index contributed by atoms with van der Waals surface area (Å²) in [6, 6.07) is 2.56. The minimum absolute atomic E-state index is 0.230. The molecule has 3 nitrogen and oxygen atoms in total. The maximum absolute atomic E-state index is 12.4. The predicted octanol–water partition coefficient (Wildman–Crippen LogP) is 1.88. The Kier molecular flexibility index (Phi) is 2.92. The highest BCUT2D eigenvalue weighted by molar-refractivity contribution is 7.12. The first-order chi connectivity index (χ1) is 8.25. The fourth-order valence-electron chi connectivity index (χ4n) is 2.95. The summed E-state index contributed by atoms with van der Waals surface area (Å²) in [5.41, 5.74) is 1.11. The van der Waals surface area contributed by atoms with Gasteiger partial charge >= 0.3 is 0 Å². The number of hydrogen-bond donors (Lipinski definition) is 1. The molecule has 0 radical (unpaired) electrons. The van der Waals surface area contributed by atoms with E-state index >= 15 is 0 Å². The highest BCUT2D eigenvalue weighted by Gasteiger charge is 2.37. The average molecular weight is 250 g/mol. The van der Waals surface area contributed by atoms with Crippen LogP contribution in [0.15, 0.2) is 11.4 Å². The van der Waals surface area contributed by atoms with Crippen LogP contribution in [0.2, 0.25) is 0 Å². The van der Waals surface area contributed by atoms with Crippen LogP contribution >= 0.6 is 11.3 Å². The predicted molar refractivity (Wildman–Crippen MR) is 69.5 cm³/mol. The summed E-state index contributed by atoms with van der Waals surface area (Å²) < 4.78 is 0. The Labute approximate surface area is 106 Å². The van der Waals surface area contributed by atoms with Gasteiger partial charge in [-0.2, -0.15) is 0 Å². The van der Waals surface area contributed by atoms with Gasteiger partial charge in [-0.15, -0.1) is 11.3 Å². The number of carbonyl (C=O) groups is 1. The molecule has 1 aromatic heterocycles. The quantitative estimate of drug-likeness (QED) is 0.825. The topological polar surface area (TPSA) is 32.3 Å². The summed E-state index contributed by atoms with van der Waals surface area (Å²) in [6.45, 7) is 4.96. The molecule has 1 N–H and O–H groups in total. The molecule has 0 aromatic carbocycles. The van der Waals surface area contributed by atoms with Gasteiger partial charge in [0, 0.05) is 19.1 Å². The van der Waals surface area contributed by atoms with E-state index in [0.717, 1.165) is 30.1 Å². The molecule has 17 heavy (non-hydrogen) atoms. The lowest BCUT2D eigenvalue weighted by atomic mass is 9.94. The van der Waals surface area contributed by atoms with Crippen LogP contribution in [0.25, 0.3) is 0 Å². The number of hydrogen-bond acceptors (Lipinski definition) is 3. The number of amides is 1. The minimum Gasteiger partial charge on any atom is -0.336 e. The number of nitrogens with zero attached hydrogens (tertiary/aromatic N) is 1. The number of nitrogens with one attached hydrogen (secondary N) is 1. The van der Waals surface area contributed by atoms with Gasteiger partial charge in [-0.05, 0) is 49.2 Å². The summed E-state index contributed by atoms with van der Waals surface area (Å²) in [5.74, 6) is 0.904. The first-order valence-electron chi connectivity index (χ1n) is 6.32. The van der Waals surface area contributed by atoms with Crippen LogP contribution < -0.4 is 5.32 Å². The third kappa shape index (κ3) is 2.00. The zero-order chi connectivity index (χ0) is 11.8. The second-order valence-electron chi connectivity index (χ2n) is 5.11. The fraction of sp³-hybridized carbons (Fsp3) is 0.615. The highest BCUT2D eigenvalue weighted by Crippen LogP contribution is 2.27. The van der Waals surface area contributed by atoms with E-state index < -0.39 is 0 Å². The lowest BCUT2D eigenvalue weighted by Gasteiger charge is -2.24. The molecule has 0 aliphatic carbocycles. The molecule has 0 spiro atoms. The Bertz CT molecular complexity index is 415. The number of thiophene rings is 1. The number of fused-ring (bicyclic) bond motifs is 1. The van der Waals surface area contributed by atoms with Crippen molar-refractivity contribution in [3.05, 3.63) is 21.9 Å². The van der Waals surface area contributed by atoms with Crippen LogP contribution in [0, 0.1) is 12.8 Å². The van der Waals surface area contributed by atoms with Gasteiger partial charge in [-0.1, -0.05) is 0 Å². The van der Waals surface area contributed by atoms with Crippen molar-refractivity contribution in [3.8, 4) is 0 Å². The van der Waals surface area contributed by atoms with Gasteiger partial charge in [0.15, 0.2) is 0 Å². The summed E-state index contributed by atoms with van der Waals surface area (Å²) in [7, 11) is 0. The molecule has 1 aromatic rings. The molecule has 3 rings (SSSR count). The number of aryl methyl sites for hydroxylation is 1. The second kappa shape index (κ2) is 4.42. The van der Waals surface area contributed by atoms with E-state index in [2.05, 4.69) is 5.32 Å². The van der Waals surface area contributed by atoms with Gasteiger partial charge in [-0.25, -0.2) is 0 Å². The SMILES string of the molecule is Cc1ccsc1C(=O)N1CC2CCCNC2C1. The number of piperidine rings is 1. The molecule has 2 aliphatic heterocycles. The lowest BCUT2D eigenvalue weighted by Crippen LogP contribution is -2.41. The molecule has 3 heterocycles. The largest absolute Gasteiger partial charge is 0.336 e. The molecular formula is C13H18N2OS. The van der Waals surface area contributed by atoms with Gasteiger partial charge in [0.25, 0.3) is 5.91 Å². The van der Waals surface area contributed by atoms with E-state index in [9.17, 15) is 4.79 Å². The fourth-order valence-corrected chi connectivity index (χ4v) is 3.84. The van der Waals surface area contributed by atoms with E-state index in [4.69, 9.17) is 0 Å². The van der Waals surface area contributed by atoms with Crippen molar-refractivity contribution in [3.63, 3.8) is 0 Å². The van der Waals surface area contributed by atoms with Crippen LogP contribution in [-0.4, -0.2) is 36.5 Å². The molecule has 1 amide bonds.